The van der Waals surface area contributed by atoms with Crippen molar-refractivity contribution in [2.24, 2.45) is 5.92 Å². The Labute approximate surface area is 110 Å². The fourth-order valence-corrected chi connectivity index (χ4v) is 2.53. The lowest BCUT2D eigenvalue weighted by molar-refractivity contribution is -0.0446. The molecule has 0 heterocycles. The highest BCUT2D eigenvalue weighted by Crippen LogP contribution is 2.30. The maximum atomic E-state index is 10.4. The zero-order valence-corrected chi connectivity index (χ0v) is 11.4. The van der Waals surface area contributed by atoms with Gasteiger partial charge in [-0.1, -0.05) is 38.1 Å². The third-order valence-corrected chi connectivity index (χ3v) is 3.69. The monoisotopic (exact) mass is 248 g/mol. The minimum atomic E-state index is -0.462. The highest BCUT2D eigenvalue weighted by molar-refractivity contribution is 5.30. The van der Waals surface area contributed by atoms with E-state index in [4.69, 9.17) is 4.74 Å². The third-order valence-electron chi connectivity index (χ3n) is 3.69. The molecule has 18 heavy (non-hydrogen) atoms. The molecule has 1 N–H and O–H groups in total. The first-order valence-electron chi connectivity index (χ1n) is 7.06. The maximum Gasteiger partial charge on any atom is 0.105 e. The summed E-state index contributed by atoms with van der Waals surface area (Å²) in [6.45, 7) is 5.14. The van der Waals surface area contributed by atoms with E-state index < -0.39 is 6.10 Å². The summed E-state index contributed by atoms with van der Waals surface area (Å²) in [5.74, 6) is 0.653. The van der Waals surface area contributed by atoms with Crippen molar-refractivity contribution in [2.45, 2.75) is 51.7 Å². The van der Waals surface area contributed by atoms with E-state index in [-0.39, 0.29) is 6.10 Å². The minimum Gasteiger partial charge on any atom is -0.386 e. The number of aliphatic hydroxyl groups excluding tert-OH is 1. The Balaban J connectivity index is 2.01. The summed E-state index contributed by atoms with van der Waals surface area (Å²) in [6, 6.07) is 8.20. The molecular formula is C16H24O2. The third kappa shape index (κ3) is 3.33. The highest BCUT2D eigenvalue weighted by atomic mass is 16.5. The Morgan fingerprint density at radius 3 is 2.89 bits per heavy atom. The van der Waals surface area contributed by atoms with Gasteiger partial charge in [-0.25, -0.2) is 0 Å². The second-order valence-corrected chi connectivity index (χ2v) is 5.63. The molecule has 0 amide bonds. The van der Waals surface area contributed by atoms with E-state index in [1.54, 1.807) is 0 Å². The molecule has 0 spiro atoms. The number of fused-ring (bicyclic) bond motifs is 1. The van der Waals surface area contributed by atoms with Gasteiger partial charge in [0, 0.05) is 6.61 Å². The molecule has 2 atom stereocenters. The van der Waals surface area contributed by atoms with Gasteiger partial charge in [-0.05, 0) is 42.7 Å². The van der Waals surface area contributed by atoms with Crippen LogP contribution in [0.15, 0.2) is 24.3 Å². The summed E-state index contributed by atoms with van der Waals surface area (Å²) in [5, 5.41) is 10.4. The van der Waals surface area contributed by atoms with E-state index in [9.17, 15) is 5.11 Å². The molecule has 0 aliphatic heterocycles. The summed E-state index contributed by atoms with van der Waals surface area (Å²) in [7, 11) is 0. The van der Waals surface area contributed by atoms with Gasteiger partial charge in [-0.3, -0.25) is 0 Å². The van der Waals surface area contributed by atoms with Crippen LogP contribution >= 0.6 is 0 Å². The van der Waals surface area contributed by atoms with E-state index in [2.05, 4.69) is 19.9 Å². The van der Waals surface area contributed by atoms with E-state index in [0.29, 0.717) is 5.92 Å². The van der Waals surface area contributed by atoms with Gasteiger partial charge >= 0.3 is 0 Å². The normalized spacial score (nSPS) is 23.8. The first kappa shape index (κ1) is 13.6. The van der Waals surface area contributed by atoms with Crippen molar-refractivity contribution < 1.29 is 9.84 Å². The molecule has 0 bridgehead atoms. The summed E-state index contributed by atoms with van der Waals surface area (Å²) in [4.78, 5) is 0. The topological polar surface area (TPSA) is 29.5 Å². The minimum absolute atomic E-state index is 0.0348. The number of benzene rings is 1. The number of hydrogen-bond donors (Lipinski definition) is 1. The molecule has 2 heteroatoms. The van der Waals surface area contributed by atoms with Crippen molar-refractivity contribution in [3.63, 3.8) is 0 Å². The van der Waals surface area contributed by atoms with Gasteiger partial charge in [0.05, 0.1) is 6.10 Å². The van der Waals surface area contributed by atoms with Crippen LogP contribution in [0.3, 0.4) is 0 Å². The first-order chi connectivity index (χ1) is 8.68. The average molecular weight is 248 g/mol. The Bertz CT molecular complexity index is 373. The number of ether oxygens (including phenoxy) is 1. The maximum absolute atomic E-state index is 10.4. The van der Waals surface area contributed by atoms with Crippen molar-refractivity contribution in [2.75, 3.05) is 6.61 Å². The van der Waals surface area contributed by atoms with Crippen LogP contribution in [0.4, 0.5) is 0 Å². The van der Waals surface area contributed by atoms with E-state index in [1.165, 1.54) is 5.56 Å². The van der Waals surface area contributed by atoms with Crippen LogP contribution < -0.4 is 0 Å². The van der Waals surface area contributed by atoms with Crippen LogP contribution in [0, 0.1) is 5.92 Å². The SMILES string of the molecule is CC(C)CCOC1CCCc2ccccc2C1O. The fraction of sp³-hybridized carbons (Fsp3) is 0.625. The van der Waals surface area contributed by atoms with Gasteiger partial charge in [0.25, 0.3) is 0 Å². The molecule has 0 saturated heterocycles. The molecule has 2 rings (SSSR count). The molecule has 0 aromatic heterocycles. The second kappa shape index (κ2) is 6.35. The van der Waals surface area contributed by atoms with Crippen molar-refractivity contribution in [3.05, 3.63) is 35.4 Å². The molecule has 1 aromatic rings. The first-order valence-corrected chi connectivity index (χ1v) is 7.06. The Morgan fingerprint density at radius 1 is 1.33 bits per heavy atom. The molecule has 1 aliphatic carbocycles. The molecular weight excluding hydrogens is 224 g/mol. The Morgan fingerprint density at radius 2 is 2.11 bits per heavy atom. The lowest BCUT2D eigenvalue weighted by Gasteiger charge is -2.22. The summed E-state index contributed by atoms with van der Waals surface area (Å²) < 4.78 is 5.89. The van der Waals surface area contributed by atoms with Gasteiger partial charge in [0.1, 0.15) is 6.10 Å². The van der Waals surface area contributed by atoms with Crippen molar-refractivity contribution in [3.8, 4) is 0 Å². The van der Waals surface area contributed by atoms with E-state index in [0.717, 1.165) is 37.9 Å². The fourth-order valence-electron chi connectivity index (χ4n) is 2.53. The second-order valence-electron chi connectivity index (χ2n) is 5.63. The van der Waals surface area contributed by atoms with Gasteiger partial charge in [-0.15, -0.1) is 0 Å². The van der Waals surface area contributed by atoms with Crippen LogP contribution in [-0.4, -0.2) is 17.8 Å². The number of rotatable bonds is 4. The zero-order chi connectivity index (χ0) is 13.0. The molecule has 0 fully saturated rings. The predicted molar refractivity (Wildman–Crippen MR) is 73.5 cm³/mol. The smallest absolute Gasteiger partial charge is 0.105 e. The highest BCUT2D eigenvalue weighted by Gasteiger charge is 2.26. The van der Waals surface area contributed by atoms with E-state index >= 15 is 0 Å². The van der Waals surface area contributed by atoms with Gasteiger partial charge < -0.3 is 9.84 Å². The van der Waals surface area contributed by atoms with Crippen LogP contribution in [-0.2, 0) is 11.2 Å². The largest absolute Gasteiger partial charge is 0.386 e. The van der Waals surface area contributed by atoms with Crippen LogP contribution in [0.25, 0.3) is 0 Å². The average Bonchev–Trinajstić information content (AvgIpc) is 2.50. The summed E-state index contributed by atoms with van der Waals surface area (Å²) >= 11 is 0. The zero-order valence-electron chi connectivity index (χ0n) is 11.4. The quantitative estimate of drug-likeness (QED) is 0.827. The van der Waals surface area contributed by atoms with Crippen molar-refractivity contribution >= 4 is 0 Å². The van der Waals surface area contributed by atoms with Gasteiger partial charge in [0.2, 0.25) is 0 Å². The van der Waals surface area contributed by atoms with Crippen LogP contribution in [0.2, 0.25) is 0 Å². The molecule has 1 aliphatic rings. The lowest BCUT2D eigenvalue weighted by atomic mass is 10.0. The number of aliphatic hydroxyl groups is 1. The predicted octanol–water partition coefficient (Wildman–Crippen LogP) is 3.49. The molecule has 2 unspecified atom stereocenters. The van der Waals surface area contributed by atoms with E-state index in [1.807, 2.05) is 18.2 Å². The van der Waals surface area contributed by atoms with Gasteiger partial charge in [0.15, 0.2) is 0 Å². The Kier molecular flexibility index (Phi) is 4.79. The molecule has 100 valence electrons. The molecule has 2 nitrogen and oxygen atoms in total. The Hall–Kier alpha value is -0.860. The van der Waals surface area contributed by atoms with Crippen molar-refractivity contribution in [1.82, 2.24) is 0 Å². The van der Waals surface area contributed by atoms with Gasteiger partial charge in [-0.2, -0.15) is 0 Å². The summed E-state index contributed by atoms with van der Waals surface area (Å²) in [5.41, 5.74) is 2.34. The number of aryl methyl sites for hydroxylation is 1. The molecule has 0 radical (unpaired) electrons. The molecule has 0 saturated carbocycles. The van der Waals surface area contributed by atoms with Crippen molar-refractivity contribution in [1.29, 1.82) is 0 Å². The van der Waals surface area contributed by atoms with Crippen LogP contribution in [0.5, 0.6) is 0 Å². The lowest BCUT2D eigenvalue weighted by Crippen LogP contribution is -2.22. The summed E-state index contributed by atoms with van der Waals surface area (Å²) in [6.07, 6.45) is 3.67. The van der Waals surface area contributed by atoms with Crippen LogP contribution in [0.1, 0.15) is 50.3 Å². The molecule has 1 aromatic carbocycles. The number of hydrogen-bond acceptors (Lipinski definition) is 2. The standard InChI is InChI=1S/C16H24O2/c1-12(2)10-11-18-15-9-5-7-13-6-3-4-8-14(13)16(15)17/h3-4,6,8,12,15-17H,5,7,9-11H2,1-2H3.